The maximum atomic E-state index is 5.48. The number of benzene rings is 1. The molecule has 17 heavy (non-hydrogen) atoms. The fraction of sp³-hybridized carbons (Fsp3) is 0.500. The Labute approximate surface area is 105 Å². The normalized spacial score (nSPS) is 11.9. The van der Waals surface area contributed by atoms with Gasteiger partial charge in [0.05, 0.1) is 7.11 Å². The summed E-state index contributed by atoms with van der Waals surface area (Å²) in [6, 6.07) is 4.20. The third-order valence-electron chi connectivity index (χ3n) is 3.21. The topological polar surface area (TPSA) is 9.23 Å². The Bertz CT molecular complexity index is 389. The summed E-state index contributed by atoms with van der Waals surface area (Å²) < 4.78 is 5.29. The van der Waals surface area contributed by atoms with Crippen molar-refractivity contribution in [2.45, 2.75) is 46.0 Å². The van der Waals surface area contributed by atoms with Crippen LogP contribution in [0.3, 0.4) is 0 Å². The molecule has 1 aromatic rings. The standard InChI is InChI=1S/C16H22O/c1-6-8-14(9-7-2)16-12(3)10-15(17-5)11-13(16)4/h1,10-11,14H,7-9H2,2-5H3. The minimum absolute atomic E-state index is 0.482. The number of hydrogen-bond donors (Lipinski definition) is 0. The highest BCUT2D eigenvalue weighted by Gasteiger charge is 2.15. The van der Waals surface area contributed by atoms with Crippen LogP contribution in [-0.2, 0) is 0 Å². The molecule has 0 aliphatic heterocycles. The third kappa shape index (κ3) is 3.27. The average Bonchev–Trinajstić information content (AvgIpc) is 2.28. The largest absolute Gasteiger partial charge is 0.497 e. The van der Waals surface area contributed by atoms with Crippen LogP contribution in [0.2, 0.25) is 0 Å². The smallest absolute Gasteiger partial charge is 0.119 e. The molecule has 0 spiro atoms. The quantitative estimate of drug-likeness (QED) is 0.688. The first kappa shape index (κ1) is 13.6. The van der Waals surface area contributed by atoms with Crippen LogP contribution in [0.1, 0.15) is 48.8 Å². The maximum absolute atomic E-state index is 5.48. The molecule has 0 radical (unpaired) electrons. The Morgan fingerprint density at radius 2 is 1.88 bits per heavy atom. The molecule has 1 aromatic carbocycles. The molecule has 1 rings (SSSR count). The second-order valence-electron chi connectivity index (χ2n) is 4.57. The lowest BCUT2D eigenvalue weighted by Crippen LogP contribution is -2.04. The van der Waals surface area contributed by atoms with Crippen molar-refractivity contribution in [3.8, 4) is 18.1 Å². The van der Waals surface area contributed by atoms with E-state index < -0.39 is 0 Å². The van der Waals surface area contributed by atoms with Gasteiger partial charge in [0, 0.05) is 6.42 Å². The first-order chi connectivity index (χ1) is 8.13. The highest BCUT2D eigenvalue weighted by atomic mass is 16.5. The molecule has 0 fully saturated rings. The van der Waals surface area contributed by atoms with Crippen LogP contribution >= 0.6 is 0 Å². The molecule has 0 aliphatic rings. The zero-order chi connectivity index (χ0) is 12.8. The monoisotopic (exact) mass is 230 g/mol. The predicted molar refractivity (Wildman–Crippen MR) is 73.6 cm³/mol. The van der Waals surface area contributed by atoms with Gasteiger partial charge in [-0.2, -0.15) is 0 Å². The minimum atomic E-state index is 0.482. The Morgan fingerprint density at radius 3 is 2.29 bits per heavy atom. The number of methoxy groups -OCH3 is 1. The van der Waals surface area contributed by atoms with Crippen molar-refractivity contribution in [2.75, 3.05) is 7.11 Å². The first-order valence-electron chi connectivity index (χ1n) is 6.22. The van der Waals surface area contributed by atoms with Crippen LogP contribution in [0, 0.1) is 26.2 Å². The zero-order valence-corrected chi connectivity index (χ0v) is 11.3. The average molecular weight is 230 g/mol. The first-order valence-corrected chi connectivity index (χ1v) is 6.22. The van der Waals surface area contributed by atoms with E-state index in [2.05, 4.69) is 38.8 Å². The van der Waals surface area contributed by atoms with Crippen molar-refractivity contribution < 1.29 is 4.74 Å². The van der Waals surface area contributed by atoms with Gasteiger partial charge in [-0.05, 0) is 55.0 Å². The second-order valence-corrected chi connectivity index (χ2v) is 4.57. The summed E-state index contributed by atoms with van der Waals surface area (Å²) in [5, 5.41) is 0. The van der Waals surface area contributed by atoms with Crippen LogP contribution in [0.15, 0.2) is 12.1 Å². The summed E-state index contributed by atoms with van der Waals surface area (Å²) in [5.41, 5.74) is 3.98. The Hall–Kier alpha value is -1.42. The lowest BCUT2D eigenvalue weighted by Gasteiger charge is -2.20. The molecule has 0 saturated heterocycles. The third-order valence-corrected chi connectivity index (χ3v) is 3.21. The van der Waals surface area contributed by atoms with Gasteiger partial charge in [0.2, 0.25) is 0 Å². The summed E-state index contributed by atoms with van der Waals surface area (Å²) in [5.74, 6) is 4.22. The molecular formula is C16H22O. The van der Waals surface area contributed by atoms with Gasteiger partial charge >= 0.3 is 0 Å². The molecule has 1 nitrogen and oxygen atoms in total. The van der Waals surface area contributed by atoms with E-state index in [0.29, 0.717) is 5.92 Å². The van der Waals surface area contributed by atoms with Gasteiger partial charge in [0.1, 0.15) is 5.75 Å². The summed E-state index contributed by atoms with van der Waals surface area (Å²) >= 11 is 0. The minimum Gasteiger partial charge on any atom is -0.497 e. The van der Waals surface area contributed by atoms with Crippen molar-refractivity contribution in [3.05, 3.63) is 28.8 Å². The number of hydrogen-bond acceptors (Lipinski definition) is 1. The van der Waals surface area contributed by atoms with E-state index >= 15 is 0 Å². The fourth-order valence-electron chi connectivity index (χ4n) is 2.54. The molecule has 0 aliphatic carbocycles. The van der Waals surface area contributed by atoms with Gasteiger partial charge in [-0.15, -0.1) is 12.3 Å². The summed E-state index contributed by atoms with van der Waals surface area (Å²) in [6.45, 7) is 6.49. The molecule has 0 aromatic heterocycles. The van der Waals surface area contributed by atoms with Gasteiger partial charge in [-0.25, -0.2) is 0 Å². The van der Waals surface area contributed by atoms with Crippen molar-refractivity contribution >= 4 is 0 Å². The predicted octanol–water partition coefficient (Wildman–Crippen LogP) is 4.22. The van der Waals surface area contributed by atoms with Crippen LogP contribution in [0.25, 0.3) is 0 Å². The molecule has 0 amide bonds. The molecule has 0 saturated carbocycles. The Kier molecular flexibility index (Phi) is 5.10. The molecule has 0 N–H and O–H groups in total. The van der Waals surface area contributed by atoms with E-state index in [1.54, 1.807) is 7.11 Å². The van der Waals surface area contributed by atoms with E-state index in [0.717, 1.165) is 25.0 Å². The molecule has 1 unspecified atom stereocenters. The van der Waals surface area contributed by atoms with Crippen LogP contribution < -0.4 is 4.74 Å². The summed E-state index contributed by atoms with van der Waals surface area (Å²) in [7, 11) is 1.71. The highest BCUT2D eigenvalue weighted by molar-refractivity contribution is 5.43. The molecule has 1 heteroatoms. The number of terminal acetylenes is 1. The number of aryl methyl sites for hydroxylation is 2. The lowest BCUT2D eigenvalue weighted by molar-refractivity contribution is 0.413. The van der Waals surface area contributed by atoms with E-state index in [9.17, 15) is 0 Å². The number of rotatable bonds is 5. The van der Waals surface area contributed by atoms with Crippen molar-refractivity contribution in [1.82, 2.24) is 0 Å². The van der Waals surface area contributed by atoms with Crippen molar-refractivity contribution in [2.24, 2.45) is 0 Å². The van der Waals surface area contributed by atoms with Crippen LogP contribution in [0.4, 0.5) is 0 Å². The number of ether oxygens (including phenoxy) is 1. The molecular weight excluding hydrogens is 208 g/mol. The van der Waals surface area contributed by atoms with Gasteiger partial charge < -0.3 is 4.74 Å². The van der Waals surface area contributed by atoms with Crippen LogP contribution in [-0.4, -0.2) is 7.11 Å². The van der Waals surface area contributed by atoms with Gasteiger partial charge in [0.25, 0.3) is 0 Å². The highest BCUT2D eigenvalue weighted by Crippen LogP contribution is 2.32. The molecule has 0 heterocycles. The van der Waals surface area contributed by atoms with E-state index in [1.807, 2.05) is 0 Å². The molecule has 0 bridgehead atoms. The Morgan fingerprint density at radius 1 is 1.29 bits per heavy atom. The van der Waals surface area contributed by atoms with E-state index in [-0.39, 0.29) is 0 Å². The van der Waals surface area contributed by atoms with Crippen LogP contribution in [0.5, 0.6) is 5.75 Å². The van der Waals surface area contributed by atoms with Gasteiger partial charge in [-0.3, -0.25) is 0 Å². The lowest BCUT2D eigenvalue weighted by atomic mass is 9.85. The summed E-state index contributed by atoms with van der Waals surface area (Å²) in [4.78, 5) is 0. The molecule has 92 valence electrons. The van der Waals surface area contributed by atoms with Gasteiger partial charge in [0.15, 0.2) is 0 Å². The Balaban J connectivity index is 3.14. The van der Waals surface area contributed by atoms with Crippen molar-refractivity contribution in [3.63, 3.8) is 0 Å². The maximum Gasteiger partial charge on any atom is 0.119 e. The summed E-state index contributed by atoms with van der Waals surface area (Å²) in [6.07, 6.45) is 8.61. The van der Waals surface area contributed by atoms with Crippen molar-refractivity contribution in [1.29, 1.82) is 0 Å². The fourth-order valence-corrected chi connectivity index (χ4v) is 2.54. The zero-order valence-electron chi connectivity index (χ0n) is 11.3. The molecule has 1 atom stereocenters. The van der Waals surface area contributed by atoms with Gasteiger partial charge in [-0.1, -0.05) is 13.3 Å². The van der Waals surface area contributed by atoms with E-state index in [4.69, 9.17) is 11.2 Å². The second kappa shape index (κ2) is 6.35. The van der Waals surface area contributed by atoms with E-state index in [1.165, 1.54) is 16.7 Å². The SMILES string of the molecule is C#CCC(CCC)c1c(C)cc(OC)cc1C.